The minimum atomic E-state index is -0.203. The van der Waals surface area contributed by atoms with E-state index in [4.69, 9.17) is 0 Å². The number of hydrogen-bond donors (Lipinski definition) is 0. The number of unbranched alkanes of at least 4 members (excludes halogenated alkanes) is 2. The molecule has 0 spiro atoms. The second kappa shape index (κ2) is 6.14. The zero-order valence-corrected chi connectivity index (χ0v) is 12.6. The summed E-state index contributed by atoms with van der Waals surface area (Å²) in [5, 5.41) is 0. The smallest absolute Gasteiger partial charge is 0.237 e. The van der Waals surface area contributed by atoms with Crippen molar-refractivity contribution < 1.29 is 9.18 Å². The summed E-state index contributed by atoms with van der Waals surface area (Å²) in [6.45, 7) is 5.28. The fourth-order valence-corrected chi connectivity index (χ4v) is 3.51. The lowest BCUT2D eigenvalue weighted by Crippen LogP contribution is -2.54. The fraction of sp³-hybridized carbons (Fsp3) is 0.588. The van der Waals surface area contributed by atoms with Crippen molar-refractivity contribution in [3.05, 3.63) is 35.1 Å². The molecular weight excluding hydrogens is 267 g/mol. The largest absolute Gasteiger partial charge is 0.333 e. The summed E-state index contributed by atoms with van der Waals surface area (Å²) < 4.78 is 13.6. The second-order valence-corrected chi connectivity index (χ2v) is 6.14. The van der Waals surface area contributed by atoms with Gasteiger partial charge >= 0.3 is 0 Å². The molecule has 1 aromatic rings. The Morgan fingerprint density at radius 3 is 3.00 bits per heavy atom. The lowest BCUT2D eigenvalue weighted by atomic mass is 9.90. The summed E-state index contributed by atoms with van der Waals surface area (Å²) in [4.78, 5) is 16.5. The number of amides is 1. The van der Waals surface area contributed by atoms with Crippen LogP contribution in [0.4, 0.5) is 4.39 Å². The molecule has 1 unspecified atom stereocenters. The maximum atomic E-state index is 13.6. The highest BCUT2D eigenvalue weighted by atomic mass is 19.1. The van der Waals surface area contributed by atoms with Crippen LogP contribution in [0.2, 0.25) is 0 Å². The van der Waals surface area contributed by atoms with Gasteiger partial charge in [0, 0.05) is 13.1 Å². The number of hydrogen-bond acceptors (Lipinski definition) is 2. The molecule has 1 aromatic carbocycles. The van der Waals surface area contributed by atoms with Gasteiger partial charge in [-0.25, -0.2) is 4.39 Å². The minimum Gasteiger partial charge on any atom is -0.333 e. The summed E-state index contributed by atoms with van der Waals surface area (Å²) >= 11 is 0. The highest BCUT2D eigenvalue weighted by molar-refractivity contribution is 5.80. The molecule has 21 heavy (non-hydrogen) atoms. The third-order valence-electron chi connectivity index (χ3n) is 4.65. The van der Waals surface area contributed by atoms with Crippen LogP contribution in [-0.4, -0.2) is 41.9 Å². The molecule has 0 bridgehead atoms. The van der Waals surface area contributed by atoms with Gasteiger partial charge in [-0.3, -0.25) is 9.69 Å². The zero-order valence-electron chi connectivity index (χ0n) is 12.6. The molecule has 0 aliphatic carbocycles. The lowest BCUT2D eigenvalue weighted by molar-refractivity contribution is -0.140. The van der Waals surface area contributed by atoms with Crippen molar-refractivity contribution in [1.82, 2.24) is 9.80 Å². The molecule has 1 fully saturated rings. The molecule has 2 aliphatic heterocycles. The number of rotatable bonds is 4. The number of fused-ring (bicyclic) bond motifs is 3. The Kier molecular flexibility index (Phi) is 4.24. The summed E-state index contributed by atoms with van der Waals surface area (Å²) in [6.07, 6.45) is 4.36. The van der Waals surface area contributed by atoms with E-state index in [1.165, 1.54) is 24.5 Å². The third-order valence-corrected chi connectivity index (χ3v) is 4.65. The van der Waals surface area contributed by atoms with Crippen molar-refractivity contribution in [2.75, 3.05) is 26.2 Å². The molecule has 1 amide bonds. The zero-order chi connectivity index (χ0) is 14.8. The predicted octanol–water partition coefficient (Wildman–Crippen LogP) is 2.76. The van der Waals surface area contributed by atoms with Crippen LogP contribution in [0.3, 0.4) is 0 Å². The van der Waals surface area contributed by atoms with E-state index in [0.717, 1.165) is 38.0 Å². The summed E-state index contributed by atoms with van der Waals surface area (Å²) in [6, 6.07) is 5.06. The van der Waals surface area contributed by atoms with E-state index in [1.54, 1.807) is 6.07 Å². The summed E-state index contributed by atoms with van der Waals surface area (Å²) in [7, 11) is 0. The number of halogens is 1. The molecule has 0 N–H and O–H groups in total. The number of carbonyl (C=O) groups excluding carboxylic acids is 1. The Balaban J connectivity index is 1.79. The Morgan fingerprint density at radius 1 is 1.33 bits per heavy atom. The van der Waals surface area contributed by atoms with Gasteiger partial charge in [0.25, 0.3) is 0 Å². The third kappa shape index (κ3) is 2.95. The monoisotopic (exact) mass is 290 g/mol. The van der Waals surface area contributed by atoms with Crippen molar-refractivity contribution in [3.8, 4) is 0 Å². The maximum absolute atomic E-state index is 13.6. The van der Waals surface area contributed by atoms with E-state index in [1.807, 2.05) is 11.0 Å². The fourth-order valence-electron chi connectivity index (χ4n) is 3.51. The van der Waals surface area contributed by atoms with E-state index in [9.17, 15) is 9.18 Å². The van der Waals surface area contributed by atoms with Crippen LogP contribution in [0.1, 0.15) is 43.4 Å². The van der Waals surface area contributed by atoms with Crippen LogP contribution in [0.5, 0.6) is 0 Å². The van der Waals surface area contributed by atoms with Gasteiger partial charge < -0.3 is 4.90 Å². The molecule has 3 nitrogen and oxygen atoms in total. The van der Waals surface area contributed by atoms with Crippen molar-refractivity contribution in [3.63, 3.8) is 0 Å². The predicted molar refractivity (Wildman–Crippen MR) is 80.5 cm³/mol. The Hall–Kier alpha value is -1.42. The molecule has 0 radical (unpaired) electrons. The van der Waals surface area contributed by atoms with Crippen LogP contribution >= 0.6 is 0 Å². The molecule has 114 valence electrons. The van der Waals surface area contributed by atoms with Crippen molar-refractivity contribution in [1.29, 1.82) is 0 Å². The normalized spacial score (nSPS) is 22.1. The molecule has 1 saturated heterocycles. The lowest BCUT2D eigenvalue weighted by Gasteiger charge is -2.44. The molecular formula is C17H23FN2O. The van der Waals surface area contributed by atoms with Gasteiger partial charge in [0.05, 0.1) is 12.6 Å². The van der Waals surface area contributed by atoms with Crippen LogP contribution in [0.25, 0.3) is 0 Å². The molecule has 0 saturated carbocycles. The first-order chi connectivity index (χ1) is 10.2. The Bertz CT molecular complexity index is 532. The first kappa shape index (κ1) is 14.5. The van der Waals surface area contributed by atoms with E-state index >= 15 is 0 Å². The van der Waals surface area contributed by atoms with Gasteiger partial charge in [-0.05, 0) is 42.6 Å². The maximum Gasteiger partial charge on any atom is 0.237 e. The number of piperazine rings is 1. The van der Waals surface area contributed by atoms with Crippen LogP contribution in [0.15, 0.2) is 18.2 Å². The van der Waals surface area contributed by atoms with Gasteiger partial charge in [0.1, 0.15) is 5.82 Å². The van der Waals surface area contributed by atoms with Crippen LogP contribution in [-0.2, 0) is 11.2 Å². The van der Waals surface area contributed by atoms with E-state index in [-0.39, 0.29) is 17.8 Å². The highest BCUT2D eigenvalue weighted by Crippen LogP contribution is 2.33. The van der Waals surface area contributed by atoms with E-state index < -0.39 is 0 Å². The van der Waals surface area contributed by atoms with E-state index in [2.05, 4.69) is 11.8 Å². The first-order valence-corrected chi connectivity index (χ1v) is 7.99. The quantitative estimate of drug-likeness (QED) is 0.796. The number of benzene rings is 1. The van der Waals surface area contributed by atoms with Crippen LogP contribution in [0, 0.1) is 5.82 Å². The average molecular weight is 290 g/mol. The van der Waals surface area contributed by atoms with Gasteiger partial charge in [-0.15, -0.1) is 0 Å². The number of nitrogens with zero attached hydrogens (tertiary/aromatic N) is 2. The average Bonchev–Trinajstić information content (AvgIpc) is 2.47. The van der Waals surface area contributed by atoms with E-state index in [0.29, 0.717) is 6.54 Å². The summed E-state index contributed by atoms with van der Waals surface area (Å²) in [5.41, 5.74) is 2.20. The van der Waals surface area contributed by atoms with Gasteiger partial charge in [0.2, 0.25) is 5.91 Å². The number of carbonyl (C=O) groups is 1. The topological polar surface area (TPSA) is 23.6 Å². The summed E-state index contributed by atoms with van der Waals surface area (Å²) in [5.74, 6) is -0.0104. The molecule has 2 heterocycles. The minimum absolute atomic E-state index is 0.0346. The molecule has 1 atom stereocenters. The van der Waals surface area contributed by atoms with Crippen LogP contribution < -0.4 is 0 Å². The Labute approximate surface area is 125 Å². The molecule has 4 heteroatoms. The Morgan fingerprint density at radius 2 is 2.19 bits per heavy atom. The van der Waals surface area contributed by atoms with Crippen molar-refractivity contribution >= 4 is 5.91 Å². The SMILES string of the molecule is CCCCCN1CC(=O)N2CCc3ccc(F)cc3C2C1. The van der Waals surface area contributed by atoms with Crippen molar-refractivity contribution in [2.24, 2.45) is 0 Å². The van der Waals surface area contributed by atoms with Gasteiger partial charge in [-0.1, -0.05) is 25.8 Å². The highest BCUT2D eigenvalue weighted by Gasteiger charge is 2.36. The van der Waals surface area contributed by atoms with Gasteiger partial charge in [0.15, 0.2) is 0 Å². The standard InChI is InChI=1S/C17H23FN2O/c1-2-3-4-8-19-11-16-15-10-14(18)6-5-13(15)7-9-20(16)17(21)12-19/h5-6,10,16H,2-4,7-9,11-12H2,1H3. The molecule has 0 aromatic heterocycles. The molecule has 2 aliphatic rings. The van der Waals surface area contributed by atoms with Crippen molar-refractivity contribution in [2.45, 2.75) is 38.6 Å². The van der Waals surface area contributed by atoms with Gasteiger partial charge in [-0.2, -0.15) is 0 Å². The second-order valence-electron chi connectivity index (χ2n) is 6.14. The molecule has 3 rings (SSSR count). The first-order valence-electron chi connectivity index (χ1n) is 7.99.